The summed E-state index contributed by atoms with van der Waals surface area (Å²) in [5.74, 6) is -0.700. The molecule has 0 amide bonds. The molecule has 0 spiro atoms. The highest BCUT2D eigenvalue weighted by atomic mass is 32.1. The van der Waals surface area contributed by atoms with Gasteiger partial charge in [-0.3, -0.25) is 4.79 Å². The molecule has 4 nitrogen and oxygen atoms in total. The number of rotatable bonds is 3. The highest BCUT2D eigenvalue weighted by Gasteiger charge is 2.11. The minimum Gasteiger partial charge on any atom is -0.469 e. The van der Waals surface area contributed by atoms with Gasteiger partial charge in [0.2, 0.25) is 0 Å². The summed E-state index contributed by atoms with van der Waals surface area (Å²) in [6.07, 6.45) is 0.193. The van der Waals surface area contributed by atoms with Crippen molar-refractivity contribution in [2.24, 2.45) is 0 Å². The van der Waals surface area contributed by atoms with Crippen molar-refractivity contribution in [3.63, 3.8) is 0 Å². The predicted molar refractivity (Wildman–Crippen MR) is 51.4 cm³/mol. The van der Waals surface area contributed by atoms with E-state index in [2.05, 4.69) is 9.47 Å². The first-order valence-electron chi connectivity index (χ1n) is 3.91. The van der Waals surface area contributed by atoms with E-state index >= 15 is 0 Å². The number of ether oxygens (including phenoxy) is 2. The number of hydrogen-bond donors (Lipinski definition) is 0. The fourth-order valence-electron chi connectivity index (χ4n) is 0.898. The molecule has 0 bridgehead atoms. The van der Waals surface area contributed by atoms with Crippen molar-refractivity contribution in [3.05, 3.63) is 21.9 Å². The van der Waals surface area contributed by atoms with Gasteiger partial charge in [0.05, 0.1) is 20.6 Å². The normalized spacial score (nSPS) is 9.57. The maximum atomic E-state index is 11.1. The summed E-state index contributed by atoms with van der Waals surface area (Å²) in [5.41, 5.74) is 0. The highest BCUT2D eigenvalue weighted by molar-refractivity contribution is 7.14. The molecule has 1 aromatic heterocycles. The molecule has 0 aliphatic rings. The molecule has 1 aromatic rings. The Balaban J connectivity index is 2.68. The molecule has 0 aliphatic heterocycles. The van der Waals surface area contributed by atoms with Gasteiger partial charge in [0.1, 0.15) is 4.88 Å². The van der Waals surface area contributed by atoms with Crippen LogP contribution in [0.1, 0.15) is 14.5 Å². The number of carbonyl (C=O) groups is 2. The second kappa shape index (κ2) is 4.76. The Bertz CT molecular complexity index is 342. The molecule has 5 heteroatoms. The van der Waals surface area contributed by atoms with Crippen molar-refractivity contribution < 1.29 is 19.1 Å². The summed E-state index contributed by atoms with van der Waals surface area (Å²) in [6, 6.07) is 3.35. The molecule has 1 rings (SSSR count). The van der Waals surface area contributed by atoms with E-state index in [0.29, 0.717) is 4.88 Å². The fraction of sp³-hybridized carbons (Fsp3) is 0.333. The maximum absolute atomic E-state index is 11.1. The van der Waals surface area contributed by atoms with Crippen molar-refractivity contribution in [1.29, 1.82) is 0 Å². The lowest BCUT2D eigenvalue weighted by Crippen LogP contribution is -2.02. The lowest BCUT2D eigenvalue weighted by atomic mass is 10.3. The van der Waals surface area contributed by atoms with E-state index in [-0.39, 0.29) is 18.4 Å². The molecule has 0 radical (unpaired) electrons. The van der Waals surface area contributed by atoms with Crippen LogP contribution in [0.3, 0.4) is 0 Å². The monoisotopic (exact) mass is 214 g/mol. The van der Waals surface area contributed by atoms with E-state index in [1.807, 2.05) is 0 Å². The molecule has 1 heterocycles. The van der Waals surface area contributed by atoms with Crippen molar-refractivity contribution in [2.45, 2.75) is 6.42 Å². The van der Waals surface area contributed by atoms with Crippen LogP contribution in [-0.4, -0.2) is 26.2 Å². The van der Waals surface area contributed by atoms with Crippen LogP contribution in [0.4, 0.5) is 0 Å². The summed E-state index contributed by atoms with van der Waals surface area (Å²) in [4.78, 5) is 23.2. The standard InChI is InChI=1S/C9H10O4S/c1-12-8(10)5-6-3-4-7(14-6)9(11)13-2/h3-4H,5H2,1-2H3. The average Bonchev–Trinajstić information content (AvgIpc) is 2.65. The van der Waals surface area contributed by atoms with E-state index in [0.717, 1.165) is 4.88 Å². The molecule has 0 N–H and O–H groups in total. The van der Waals surface area contributed by atoms with E-state index in [4.69, 9.17) is 0 Å². The zero-order valence-electron chi connectivity index (χ0n) is 7.90. The highest BCUT2D eigenvalue weighted by Crippen LogP contribution is 2.17. The quantitative estimate of drug-likeness (QED) is 0.710. The van der Waals surface area contributed by atoms with Crippen molar-refractivity contribution >= 4 is 23.3 Å². The number of carbonyl (C=O) groups excluding carboxylic acids is 2. The molecule has 0 aromatic carbocycles. The molecule has 0 saturated carbocycles. The predicted octanol–water partition coefficient (Wildman–Crippen LogP) is 1.25. The molecule has 14 heavy (non-hydrogen) atoms. The van der Waals surface area contributed by atoms with Gasteiger partial charge in [-0.1, -0.05) is 0 Å². The Morgan fingerprint density at radius 3 is 2.57 bits per heavy atom. The second-order valence-electron chi connectivity index (χ2n) is 2.51. The van der Waals surface area contributed by atoms with Crippen LogP contribution in [0.5, 0.6) is 0 Å². The van der Waals surface area contributed by atoms with Crippen LogP contribution in [-0.2, 0) is 20.7 Å². The van der Waals surface area contributed by atoms with Crippen LogP contribution in [0.2, 0.25) is 0 Å². The molecule has 0 saturated heterocycles. The summed E-state index contributed by atoms with van der Waals surface area (Å²) in [6.45, 7) is 0. The van der Waals surface area contributed by atoms with Gasteiger partial charge >= 0.3 is 11.9 Å². The van der Waals surface area contributed by atoms with Crippen molar-refractivity contribution in [3.8, 4) is 0 Å². The van der Waals surface area contributed by atoms with Gasteiger partial charge < -0.3 is 9.47 Å². The van der Waals surface area contributed by atoms with E-state index in [1.54, 1.807) is 12.1 Å². The van der Waals surface area contributed by atoms with Gasteiger partial charge in [0.25, 0.3) is 0 Å². The van der Waals surface area contributed by atoms with Gasteiger partial charge in [-0.25, -0.2) is 4.79 Å². The number of thiophene rings is 1. The van der Waals surface area contributed by atoms with Crippen LogP contribution >= 0.6 is 11.3 Å². The van der Waals surface area contributed by atoms with E-state index < -0.39 is 0 Å². The van der Waals surface area contributed by atoms with Gasteiger partial charge in [0, 0.05) is 4.88 Å². The first kappa shape index (κ1) is 10.7. The third kappa shape index (κ3) is 2.56. The Kier molecular flexibility index (Phi) is 3.64. The molecule has 76 valence electrons. The summed E-state index contributed by atoms with van der Waals surface area (Å²) in [5, 5.41) is 0. The average molecular weight is 214 g/mol. The molecule has 0 unspecified atom stereocenters. The van der Waals surface area contributed by atoms with Gasteiger partial charge in [-0.15, -0.1) is 11.3 Å². The minimum atomic E-state index is -0.383. The zero-order chi connectivity index (χ0) is 10.6. The summed E-state index contributed by atoms with van der Waals surface area (Å²) < 4.78 is 9.04. The minimum absolute atomic E-state index is 0.193. The number of methoxy groups -OCH3 is 2. The van der Waals surface area contributed by atoms with E-state index in [1.165, 1.54) is 25.6 Å². The summed E-state index contributed by atoms with van der Waals surface area (Å²) in [7, 11) is 2.65. The maximum Gasteiger partial charge on any atom is 0.348 e. The molecule has 0 atom stereocenters. The Hall–Kier alpha value is -1.36. The van der Waals surface area contributed by atoms with Crippen molar-refractivity contribution in [2.75, 3.05) is 14.2 Å². The van der Waals surface area contributed by atoms with Crippen LogP contribution in [0.15, 0.2) is 12.1 Å². The SMILES string of the molecule is COC(=O)Cc1ccc(C(=O)OC)s1. The van der Waals surface area contributed by atoms with Gasteiger partial charge in [0.15, 0.2) is 0 Å². The first-order chi connectivity index (χ1) is 6.67. The molecule has 0 fully saturated rings. The van der Waals surface area contributed by atoms with Crippen LogP contribution in [0, 0.1) is 0 Å². The number of esters is 2. The Morgan fingerprint density at radius 2 is 2.00 bits per heavy atom. The largest absolute Gasteiger partial charge is 0.469 e. The number of hydrogen-bond acceptors (Lipinski definition) is 5. The molecule has 0 aliphatic carbocycles. The Labute approximate surface area is 85.4 Å². The van der Waals surface area contributed by atoms with Crippen molar-refractivity contribution in [1.82, 2.24) is 0 Å². The third-order valence-corrected chi connectivity index (χ3v) is 2.66. The molecular weight excluding hydrogens is 204 g/mol. The smallest absolute Gasteiger partial charge is 0.348 e. The Morgan fingerprint density at radius 1 is 1.29 bits per heavy atom. The first-order valence-corrected chi connectivity index (χ1v) is 4.73. The van der Waals surface area contributed by atoms with Crippen LogP contribution in [0.25, 0.3) is 0 Å². The summed E-state index contributed by atoms with van der Waals surface area (Å²) >= 11 is 1.23. The third-order valence-electron chi connectivity index (χ3n) is 1.59. The topological polar surface area (TPSA) is 52.6 Å². The molecular formula is C9H10O4S. The van der Waals surface area contributed by atoms with E-state index in [9.17, 15) is 9.59 Å². The van der Waals surface area contributed by atoms with Gasteiger partial charge in [-0.05, 0) is 12.1 Å². The second-order valence-corrected chi connectivity index (χ2v) is 3.68. The lowest BCUT2D eigenvalue weighted by molar-refractivity contribution is -0.139. The lowest BCUT2D eigenvalue weighted by Gasteiger charge is -1.95. The van der Waals surface area contributed by atoms with Gasteiger partial charge in [-0.2, -0.15) is 0 Å². The van der Waals surface area contributed by atoms with Crippen LogP contribution < -0.4 is 0 Å². The zero-order valence-corrected chi connectivity index (χ0v) is 8.72. The fourth-order valence-corrected chi connectivity index (χ4v) is 1.81.